The number of hydrogen-bond acceptors (Lipinski definition) is 2. The normalized spacial score (nSPS) is 10.6. The van der Waals surface area contributed by atoms with E-state index < -0.39 is 6.16 Å². The summed E-state index contributed by atoms with van der Waals surface area (Å²) < 4.78 is 4.91. The maximum Gasteiger partial charge on any atom is 0.511 e. The van der Waals surface area contributed by atoms with Gasteiger partial charge in [-0.15, -0.1) is 0 Å². The average Bonchev–Trinajstić information content (AvgIpc) is 2.45. The fourth-order valence-electron chi connectivity index (χ4n) is 2.66. The van der Waals surface area contributed by atoms with Crippen molar-refractivity contribution in [2.75, 3.05) is 0 Å². The van der Waals surface area contributed by atoms with Gasteiger partial charge in [0.15, 0.2) is 0 Å². The van der Waals surface area contributed by atoms with Crippen LogP contribution in [-0.4, -0.2) is 11.3 Å². The number of aryl methyl sites for hydroxylation is 1. The smallest absolute Gasteiger partial charge is 0.449 e. The van der Waals surface area contributed by atoms with Gasteiger partial charge in [0.2, 0.25) is 0 Å². The Balaban J connectivity index is 2.61. The fourth-order valence-corrected chi connectivity index (χ4v) is 2.66. The van der Waals surface area contributed by atoms with Gasteiger partial charge >= 0.3 is 6.16 Å². The summed E-state index contributed by atoms with van der Waals surface area (Å²) in [5, 5.41) is 8.82. The van der Waals surface area contributed by atoms with Crippen molar-refractivity contribution in [2.24, 2.45) is 0 Å². The van der Waals surface area contributed by atoms with Crippen molar-refractivity contribution in [3.63, 3.8) is 0 Å². The van der Waals surface area contributed by atoms with Crippen molar-refractivity contribution in [2.45, 2.75) is 71.6 Å². The molecule has 0 aliphatic carbocycles. The molecule has 0 amide bonds. The first-order valence-electron chi connectivity index (χ1n) is 8.20. The molecule has 118 valence electrons. The highest BCUT2D eigenvalue weighted by Crippen LogP contribution is 2.26. The predicted molar refractivity (Wildman–Crippen MR) is 86.2 cm³/mol. The van der Waals surface area contributed by atoms with E-state index in [0.717, 1.165) is 31.2 Å². The van der Waals surface area contributed by atoms with E-state index in [1.54, 1.807) is 6.07 Å². The van der Waals surface area contributed by atoms with Crippen LogP contribution in [0.5, 0.6) is 5.75 Å². The molecule has 0 unspecified atom stereocenters. The Hall–Kier alpha value is -1.51. The molecule has 0 saturated carbocycles. The molecule has 0 aromatic heterocycles. The van der Waals surface area contributed by atoms with E-state index in [4.69, 9.17) is 9.84 Å². The van der Waals surface area contributed by atoms with E-state index in [2.05, 4.69) is 19.9 Å². The van der Waals surface area contributed by atoms with Crippen molar-refractivity contribution >= 4 is 6.16 Å². The number of carbonyl (C=O) groups is 1. The second kappa shape index (κ2) is 10.3. The van der Waals surface area contributed by atoms with Crippen LogP contribution in [0, 0.1) is 0 Å². The molecule has 3 heteroatoms. The largest absolute Gasteiger partial charge is 0.511 e. The highest BCUT2D eigenvalue weighted by atomic mass is 16.7. The first kappa shape index (κ1) is 17.5. The third-order valence-electron chi connectivity index (χ3n) is 3.73. The van der Waals surface area contributed by atoms with Gasteiger partial charge in [-0.1, -0.05) is 64.5 Å². The maximum absolute atomic E-state index is 10.8. The lowest BCUT2D eigenvalue weighted by Crippen LogP contribution is -2.07. The monoisotopic (exact) mass is 292 g/mol. The minimum atomic E-state index is -1.23. The molecule has 0 bridgehead atoms. The van der Waals surface area contributed by atoms with Crippen molar-refractivity contribution in [3.8, 4) is 5.75 Å². The lowest BCUT2D eigenvalue weighted by Gasteiger charge is -2.13. The van der Waals surface area contributed by atoms with Crippen LogP contribution in [0.25, 0.3) is 0 Å². The Kier molecular flexibility index (Phi) is 8.56. The minimum absolute atomic E-state index is 0.507. The molecule has 3 nitrogen and oxygen atoms in total. The summed E-state index contributed by atoms with van der Waals surface area (Å²) in [6.07, 6.45) is 9.26. The lowest BCUT2D eigenvalue weighted by atomic mass is 9.97. The Morgan fingerprint density at radius 1 is 1.00 bits per heavy atom. The number of benzene rings is 1. The zero-order chi connectivity index (χ0) is 15.5. The summed E-state index contributed by atoms with van der Waals surface area (Å²) in [5.41, 5.74) is 2.31. The van der Waals surface area contributed by atoms with Gasteiger partial charge in [-0.05, 0) is 36.5 Å². The number of unbranched alkanes of at least 4 members (excludes halogenated alkanes) is 5. The zero-order valence-corrected chi connectivity index (χ0v) is 13.4. The van der Waals surface area contributed by atoms with Gasteiger partial charge in [0.05, 0.1) is 0 Å². The van der Waals surface area contributed by atoms with Gasteiger partial charge < -0.3 is 9.84 Å². The van der Waals surface area contributed by atoms with Gasteiger partial charge in [0.25, 0.3) is 0 Å². The summed E-state index contributed by atoms with van der Waals surface area (Å²) in [6, 6.07) is 5.75. The topological polar surface area (TPSA) is 46.5 Å². The third kappa shape index (κ3) is 6.65. The quantitative estimate of drug-likeness (QED) is 0.347. The number of rotatable bonds is 10. The van der Waals surface area contributed by atoms with Crippen LogP contribution in [0.1, 0.15) is 69.9 Å². The predicted octanol–water partition coefficient (Wildman–Crippen LogP) is 5.60. The van der Waals surface area contributed by atoms with Crippen LogP contribution in [0.4, 0.5) is 4.79 Å². The van der Waals surface area contributed by atoms with Crippen LogP contribution in [0.15, 0.2) is 18.2 Å². The van der Waals surface area contributed by atoms with Crippen molar-refractivity contribution in [1.82, 2.24) is 0 Å². The molecule has 1 aromatic carbocycles. The van der Waals surface area contributed by atoms with Crippen molar-refractivity contribution < 1.29 is 14.6 Å². The van der Waals surface area contributed by atoms with Gasteiger partial charge in [0, 0.05) is 0 Å². The first-order valence-corrected chi connectivity index (χ1v) is 8.20. The van der Waals surface area contributed by atoms with E-state index in [1.165, 1.54) is 37.7 Å². The van der Waals surface area contributed by atoms with Gasteiger partial charge in [-0.25, -0.2) is 4.79 Å². The summed E-state index contributed by atoms with van der Waals surface area (Å²) in [6.45, 7) is 4.33. The molecule has 0 aliphatic rings. The highest BCUT2D eigenvalue weighted by Gasteiger charge is 2.11. The second-order valence-electron chi connectivity index (χ2n) is 5.53. The molecule has 0 spiro atoms. The second-order valence-corrected chi connectivity index (χ2v) is 5.53. The molecule has 0 radical (unpaired) electrons. The van der Waals surface area contributed by atoms with Crippen molar-refractivity contribution in [1.29, 1.82) is 0 Å². The molecule has 0 saturated heterocycles. The summed E-state index contributed by atoms with van der Waals surface area (Å²) in [5.74, 6) is 0.507. The SMILES string of the molecule is CCCCCCCCc1cccc(OC(=O)O)c1CCC. The van der Waals surface area contributed by atoms with Crippen LogP contribution < -0.4 is 4.74 Å². The molecular formula is C18H28O3. The maximum atomic E-state index is 10.8. The average molecular weight is 292 g/mol. The number of hydrogen-bond donors (Lipinski definition) is 1. The molecule has 21 heavy (non-hydrogen) atoms. The standard InChI is InChI=1S/C18H28O3/c1-3-5-6-7-8-9-12-15-13-10-14-17(21-18(19)20)16(15)11-4-2/h10,13-14H,3-9,11-12H2,1-2H3,(H,19,20). The Morgan fingerprint density at radius 2 is 1.71 bits per heavy atom. The molecule has 0 fully saturated rings. The van der Waals surface area contributed by atoms with Crippen molar-refractivity contribution in [3.05, 3.63) is 29.3 Å². The Morgan fingerprint density at radius 3 is 2.38 bits per heavy atom. The first-order chi connectivity index (χ1) is 10.2. The Bertz CT molecular complexity index is 426. The molecule has 0 atom stereocenters. The zero-order valence-electron chi connectivity index (χ0n) is 13.4. The van der Waals surface area contributed by atoms with E-state index >= 15 is 0 Å². The molecule has 0 heterocycles. The van der Waals surface area contributed by atoms with E-state index in [0.29, 0.717) is 5.75 Å². The summed E-state index contributed by atoms with van der Waals surface area (Å²) in [7, 11) is 0. The van der Waals surface area contributed by atoms with E-state index in [9.17, 15) is 4.79 Å². The van der Waals surface area contributed by atoms with Crippen LogP contribution in [0.2, 0.25) is 0 Å². The third-order valence-corrected chi connectivity index (χ3v) is 3.73. The lowest BCUT2D eigenvalue weighted by molar-refractivity contribution is 0.144. The molecule has 1 N–H and O–H groups in total. The van der Waals surface area contributed by atoms with Gasteiger partial charge in [-0.3, -0.25) is 0 Å². The summed E-state index contributed by atoms with van der Waals surface area (Å²) in [4.78, 5) is 10.8. The number of carboxylic acid groups (broad SMARTS) is 1. The summed E-state index contributed by atoms with van der Waals surface area (Å²) >= 11 is 0. The van der Waals surface area contributed by atoms with Crippen LogP contribution in [0.3, 0.4) is 0 Å². The van der Waals surface area contributed by atoms with Crippen LogP contribution >= 0.6 is 0 Å². The molecule has 0 aliphatic heterocycles. The van der Waals surface area contributed by atoms with Crippen LogP contribution in [-0.2, 0) is 12.8 Å². The van der Waals surface area contributed by atoms with Gasteiger partial charge in [0.1, 0.15) is 5.75 Å². The van der Waals surface area contributed by atoms with E-state index in [-0.39, 0.29) is 0 Å². The molecular weight excluding hydrogens is 264 g/mol. The Labute approximate surface area is 128 Å². The minimum Gasteiger partial charge on any atom is -0.449 e. The highest BCUT2D eigenvalue weighted by molar-refractivity contribution is 5.62. The number of ether oxygens (including phenoxy) is 1. The fraction of sp³-hybridized carbons (Fsp3) is 0.611. The molecule has 1 rings (SSSR count). The molecule has 1 aromatic rings. The van der Waals surface area contributed by atoms with Gasteiger partial charge in [-0.2, -0.15) is 0 Å². The van der Waals surface area contributed by atoms with E-state index in [1.807, 2.05) is 6.07 Å².